The first-order valence-corrected chi connectivity index (χ1v) is 10.4. The van der Waals surface area contributed by atoms with Crippen LogP contribution in [-0.2, 0) is 11.3 Å². The van der Waals surface area contributed by atoms with E-state index in [4.69, 9.17) is 4.99 Å². The predicted octanol–water partition coefficient (Wildman–Crippen LogP) is 1.94. The Morgan fingerprint density at radius 1 is 1.17 bits per heavy atom. The summed E-state index contributed by atoms with van der Waals surface area (Å²) in [6, 6.07) is 7.37. The van der Waals surface area contributed by atoms with E-state index in [2.05, 4.69) is 35.5 Å². The van der Waals surface area contributed by atoms with Crippen LogP contribution in [0.2, 0.25) is 0 Å². The Balaban J connectivity index is 1.71. The fourth-order valence-electron chi connectivity index (χ4n) is 4.56. The lowest BCUT2D eigenvalue weighted by atomic mass is 10.0. The number of fused-ring (bicyclic) bond motifs is 1. The van der Waals surface area contributed by atoms with E-state index in [-0.39, 0.29) is 11.9 Å². The number of nitrogens with zero attached hydrogens (tertiary/aromatic N) is 5. The average Bonchev–Trinajstić information content (AvgIpc) is 3.04. The molecule has 0 bridgehead atoms. The number of likely N-dealkylation sites (tertiary alicyclic amines) is 1. The van der Waals surface area contributed by atoms with Gasteiger partial charge in [0.1, 0.15) is 13.1 Å². The second-order valence-corrected chi connectivity index (χ2v) is 8.56. The predicted molar refractivity (Wildman–Crippen MR) is 112 cm³/mol. The van der Waals surface area contributed by atoms with E-state index in [1.807, 2.05) is 12.1 Å². The fraction of sp³-hybridized carbons (Fsp3) is 0.545. The highest BCUT2D eigenvalue weighted by molar-refractivity contribution is 6.23. The second-order valence-electron chi connectivity index (χ2n) is 8.56. The van der Waals surface area contributed by atoms with Crippen molar-refractivity contribution in [2.45, 2.75) is 39.3 Å². The molecule has 3 heterocycles. The van der Waals surface area contributed by atoms with Gasteiger partial charge in [0.25, 0.3) is 17.8 Å². The van der Waals surface area contributed by atoms with E-state index >= 15 is 0 Å². The summed E-state index contributed by atoms with van der Waals surface area (Å²) >= 11 is 0. The summed E-state index contributed by atoms with van der Waals surface area (Å²) in [4.78, 5) is 35.5. The molecule has 7 nitrogen and oxygen atoms in total. The van der Waals surface area contributed by atoms with Gasteiger partial charge in [0.05, 0.1) is 0 Å². The van der Waals surface area contributed by atoms with Gasteiger partial charge in [0.2, 0.25) is 0 Å². The largest absolute Gasteiger partial charge is 0.333 e. The third kappa shape index (κ3) is 3.59. The van der Waals surface area contributed by atoms with Crippen LogP contribution >= 0.6 is 0 Å². The van der Waals surface area contributed by atoms with Crippen molar-refractivity contribution in [3.63, 3.8) is 0 Å². The summed E-state index contributed by atoms with van der Waals surface area (Å²) in [6.45, 7) is 7.76. The first-order valence-electron chi connectivity index (χ1n) is 10.4. The normalized spacial score (nSPS) is 25.6. The Labute approximate surface area is 172 Å². The number of piperidine rings is 1. The number of urea groups is 1. The zero-order chi connectivity index (χ0) is 20.7. The number of amidine groups is 2. The summed E-state index contributed by atoms with van der Waals surface area (Å²) in [5.41, 5.74) is 2.36. The van der Waals surface area contributed by atoms with Crippen molar-refractivity contribution in [1.29, 1.82) is 0 Å². The first-order chi connectivity index (χ1) is 13.9. The number of benzene rings is 1. The van der Waals surface area contributed by atoms with Crippen molar-refractivity contribution in [3.8, 4) is 0 Å². The molecule has 7 heteroatoms. The molecule has 154 valence electrons. The molecule has 0 aromatic heterocycles. The molecular weight excluding hydrogens is 366 g/mol. The zero-order valence-corrected chi connectivity index (χ0v) is 17.8. The van der Waals surface area contributed by atoms with E-state index in [0.717, 1.165) is 18.9 Å². The van der Waals surface area contributed by atoms with Gasteiger partial charge in [-0.05, 0) is 48.3 Å². The highest BCUT2D eigenvalue weighted by Gasteiger charge is 2.53. The first kappa shape index (κ1) is 19.8. The van der Waals surface area contributed by atoms with Gasteiger partial charge >= 0.3 is 11.9 Å². The molecule has 29 heavy (non-hydrogen) atoms. The summed E-state index contributed by atoms with van der Waals surface area (Å²) < 4.78 is 2.10. The molecule has 3 amide bonds. The van der Waals surface area contributed by atoms with E-state index in [9.17, 15) is 9.59 Å². The summed E-state index contributed by atoms with van der Waals surface area (Å²) in [5.74, 6) is 1.89. The van der Waals surface area contributed by atoms with Crippen LogP contribution in [0.15, 0.2) is 29.3 Å². The molecular formula is C22H30N5O2+. The molecule has 0 spiro atoms. The molecule has 2 atom stereocenters. The number of hydrogen-bond acceptors (Lipinski definition) is 4. The third-order valence-corrected chi connectivity index (χ3v) is 6.32. The standard InChI is InChI=1S/C22H30N5O2/c1-15-8-7-11-26(12-15)14-18-23-20-19(21(28)25(4)22(29)24(20)3)27(18)13-17-10-6-5-9-16(17)2/h5-6,9-10,15,19H,7-8,11-14H2,1-4H3/q+1. The lowest BCUT2D eigenvalue weighted by Crippen LogP contribution is -2.61. The number of likely N-dealkylation sites (N-methyl/N-ethyl adjacent to an activating group) is 2. The maximum atomic E-state index is 13.1. The second kappa shape index (κ2) is 7.71. The Kier molecular flexibility index (Phi) is 5.25. The number of hydrogen-bond donors (Lipinski definition) is 0. The van der Waals surface area contributed by atoms with Gasteiger partial charge in [-0.1, -0.05) is 31.2 Å². The lowest BCUT2D eigenvalue weighted by Gasteiger charge is -2.31. The Bertz CT molecular complexity index is 906. The minimum Gasteiger partial charge on any atom is -0.292 e. The van der Waals surface area contributed by atoms with Crippen LogP contribution < -0.4 is 0 Å². The number of rotatable bonds is 4. The molecule has 1 aromatic rings. The number of carbonyl (C=O) groups is 2. The van der Waals surface area contributed by atoms with Gasteiger partial charge in [0.15, 0.2) is 0 Å². The summed E-state index contributed by atoms with van der Waals surface area (Å²) in [7, 11) is 3.25. The highest BCUT2D eigenvalue weighted by Crippen LogP contribution is 2.23. The fourth-order valence-corrected chi connectivity index (χ4v) is 4.56. The van der Waals surface area contributed by atoms with Crippen LogP contribution in [0, 0.1) is 12.8 Å². The highest BCUT2D eigenvalue weighted by atomic mass is 16.2. The maximum absolute atomic E-state index is 13.1. The lowest BCUT2D eigenvalue weighted by molar-refractivity contribution is -0.552. The molecule has 0 radical (unpaired) electrons. The van der Waals surface area contributed by atoms with E-state index in [1.54, 1.807) is 14.1 Å². The van der Waals surface area contributed by atoms with Crippen LogP contribution in [-0.4, -0.2) is 82.7 Å². The van der Waals surface area contributed by atoms with Crippen molar-refractivity contribution < 1.29 is 14.2 Å². The van der Waals surface area contributed by atoms with E-state index < -0.39 is 6.04 Å². The number of imide groups is 1. The topological polar surface area (TPSA) is 59.2 Å². The quantitative estimate of drug-likeness (QED) is 0.731. The van der Waals surface area contributed by atoms with E-state index in [0.29, 0.717) is 24.8 Å². The Morgan fingerprint density at radius 3 is 2.66 bits per heavy atom. The maximum Gasteiger partial charge on any atom is 0.333 e. The number of carbonyl (C=O) groups excluding carboxylic acids is 2. The van der Waals surface area contributed by atoms with Gasteiger partial charge in [-0.3, -0.25) is 19.5 Å². The van der Waals surface area contributed by atoms with Crippen LogP contribution in [0.4, 0.5) is 4.79 Å². The van der Waals surface area contributed by atoms with Crippen molar-refractivity contribution in [1.82, 2.24) is 14.7 Å². The molecule has 3 aliphatic heterocycles. The molecule has 0 N–H and O–H groups in total. The molecule has 0 aliphatic carbocycles. The van der Waals surface area contributed by atoms with Crippen molar-refractivity contribution in [2.75, 3.05) is 33.7 Å². The minimum absolute atomic E-state index is 0.206. The van der Waals surface area contributed by atoms with Crippen LogP contribution in [0.1, 0.15) is 30.9 Å². The Morgan fingerprint density at radius 2 is 1.93 bits per heavy atom. The van der Waals surface area contributed by atoms with Crippen molar-refractivity contribution in [2.24, 2.45) is 10.9 Å². The van der Waals surface area contributed by atoms with Crippen LogP contribution in [0.25, 0.3) is 0 Å². The van der Waals surface area contributed by atoms with E-state index in [1.165, 1.54) is 33.8 Å². The zero-order valence-electron chi connectivity index (χ0n) is 17.8. The summed E-state index contributed by atoms with van der Waals surface area (Å²) in [6.07, 6.45) is 2.45. The molecule has 1 aromatic carbocycles. The van der Waals surface area contributed by atoms with Gasteiger partial charge in [0, 0.05) is 20.6 Å². The molecule has 4 rings (SSSR count). The number of amides is 3. The van der Waals surface area contributed by atoms with Crippen LogP contribution in [0.3, 0.4) is 0 Å². The van der Waals surface area contributed by atoms with Crippen LogP contribution in [0.5, 0.6) is 0 Å². The number of aryl methyl sites for hydroxylation is 1. The SMILES string of the molecule is Cc1ccccc1C[N+]1=C(CN2CCCC(C)C2)N=C2C1C(=O)N(C)C(=O)N2C. The molecule has 0 saturated carbocycles. The summed E-state index contributed by atoms with van der Waals surface area (Å²) in [5, 5.41) is 0. The number of aliphatic imine (C=N–C) groups is 1. The van der Waals surface area contributed by atoms with Crippen molar-refractivity contribution >= 4 is 23.6 Å². The molecule has 3 aliphatic rings. The molecule has 2 fully saturated rings. The Hall–Kier alpha value is -2.54. The van der Waals surface area contributed by atoms with Gasteiger partial charge in [-0.25, -0.2) is 9.37 Å². The van der Waals surface area contributed by atoms with Gasteiger partial charge < -0.3 is 0 Å². The average molecular weight is 397 g/mol. The monoisotopic (exact) mass is 396 g/mol. The smallest absolute Gasteiger partial charge is 0.292 e. The molecule has 2 unspecified atom stereocenters. The van der Waals surface area contributed by atoms with Gasteiger partial charge in [-0.15, -0.1) is 0 Å². The molecule has 2 saturated heterocycles. The third-order valence-electron chi connectivity index (χ3n) is 6.32. The van der Waals surface area contributed by atoms with Crippen molar-refractivity contribution in [3.05, 3.63) is 35.4 Å². The minimum atomic E-state index is -0.542. The van der Waals surface area contributed by atoms with Gasteiger partial charge in [-0.2, -0.15) is 0 Å².